The van der Waals surface area contributed by atoms with E-state index in [1.165, 1.54) is 11.1 Å². The molecule has 0 amide bonds. The van der Waals surface area contributed by atoms with Crippen LogP contribution < -0.4 is 0 Å². The molecule has 0 unspecified atom stereocenters. The van der Waals surface area contributed by atoms with Crippen LogP contribution in [0, 0.1) is 22.7 Å². The number of aliphatic hydroxyl groups excluding tert-OH is 1. The van der Waals surface area contributed by atoms with Gasteiger partial charge >= 0.3 is 0 Å². The SMILES string of the molecule is C=C1[C@H]2[C@H]3C(C)=C[C@]1(C)[C@H](O)[C@]32C. The van der Waals surface area contributed by atoms with Gasteiger partial charge in [0.25, 0.3) is 0 Å². The first kappa shape index (κ1) is 7.81. The maximum atomic E-state index is 10.2. The Bertz CT molecular complexity index is 354. The molecule has 4 bridgehead atoms. The summed E-state index contributed by atoms with van der Waals surface area (Å²) in [5, 5.41) is 10.2. The molecule has 0 aliphatic heterocycles. The quantitative estimate of drug-likeness (QED) is 0.561. The molecule has 5 atom stereocenters. The van der Waals surface area contributed by atoms with Crippen molar-refractivity contribution < 1.29 is 5.11 Å². The summed E-state index contributed by atoms with van der Waals surface area (Å²) in [6.45, 7) is 10.7. The van der Waals surface area contributed by atoms with E-state index in [4.69, 9.17) is 0 Å². The lowest BCUT2D eigenvalue weighted by Gasteiger charge is -2.38. The van der Waals surface area contributed by atoms with Gasteiger partial charge < -0.3 is 5.11 Å². The van der Waals surface area contributed by atoms with Gasteiger partial charge in [0, 0.05) is 10.8 Å². The van der Waals surface area contributed by atoms with E-state index in [9.17, 15) is 5.11 Å². The molecular weight excluding hydrogens is 160 g/mol. The topological polar surface area (TPSA) is 20.2 Å². The van der Waals surface area contributed by atoms with Crippen molar-refractivity contribution in [3.8, 4) is 0 Å². The van der Waals surface area contributed by atoms with Crippen molar-refractivity contribution in [2.24, 2.45) is 22.7 Å². The fraction of sp³-hybridized carbons (Fsp3) is 0.667. The zero-order valence-corrected chi connectivity index (χ0v) is 8.46. The lowest BCUT2D eigenvalue weighted by atomic mass is 9.69. The van der Waals surface area contributed by atoms with Crippen molar-refractivity contribution in [3.63, 3.8) is 0 Å². The Kier molecular flexibility index (Phi) is 0.995. The molecule has 2 saturated carbocycles. The van der Waals surface area contributed by atoms with Crippen LogP contribution in [-0.4, -0.2) is 11.2 Å². The number of hydrogen-bond donors (Lipinski definition) is 1. The minimum atomic E-state index is -0.203. The Morgan fingerprint density at radius 1 is 1.38 bits per heavy atom. The van der Waals surface area contributed by atoms with Gasteiger partial charge in [-0.05, 0) is 25.7 Å². The standard InChI is InChI=1S/C12H16O/c1-6-5-11(3)7(2)9-8(6)12(9,4)10(11)13/h5,8-10,13H,2H2,1,3-4H3/t8-,9+,10+,11+,12-/m1/s1. The van der Waals surface area contributed by atoms with E-state index in [1.807, 2.05) is 0 Å². The minimum absolute atomic E-state index is 0.127. The van der Waals surface area contributed by atoms with Gasteiger partial charge in [-0.3, -0.25) is 0 Å². The molecule has 1 N–H and O–H groups in total. The van der Waals surface area contributed by atoms with E-state index in [-0.39, 0.29) is 16.9 Å². The first-order valence-electron chi connectivity index (χ1n) is 5.00. The molecule has 0 saturated heterocycles. The highest BCUT2D eigenvalue weighted by molar-refractivity contribution is 5.52. The number of allylic oxidation sites excluding steroid dienone is 1. The smallest absolute Gasteiger partial charge is 0.0730 e. The average molecular weight is 176 g/mol. The summed E-state index contributed by atoms with van der Waals surface area (Å²) in [5.41, 5.74) is 2.73. The normalized spacial score (nSPS) is 62.3. The molecule has 70 valence electrons. The van der Waals surface area contributed by atoms with E-state index >= 15 is 0 Å². The first-order valence-corrected chi connectivity index (χ1v) is 5.00. The predicted octanol–water partition coefficient (Wildman–Crippen LogP) is 2.14. The molecule has 13 heavy (non-hydrogen) atoms. The van der Waals surface area contributed by atoms with Gasteiger partial charge in [0.15, 0.2) is 0 Å². The Labute approximate surface area is 79.2 Å². The number of rotatable bonds is 0. The molecular formula is C12H16O. The van der Waals surface area contributed by atoms with Gasteiger partial charge in [-0.15, -0.1) is 0 Å². The third-order valence-corrected chi connectivity index (χ3v) is 4.81. The van der Waals surface area contributed by atoms with Gasteiger partial charge in [0.2, 0.25) is 0 Å². The Morgan fingerprint density at radius 3 is 2.38 bits per heavy atom. The fourth-order valence-corrected chi connectivity index (χ4v) is 4.09. The second-order valence-corrected chi connectivity index (χ2v) is 5.42. The molecule has 2 fully saturated rings. The maximum Gasteiger partial charge on any atom is 0.0730 e. The van der Waals surface area contributed by atoms with Crippen LogP contribution in [0.15, 0.2) is 23.8 Å². The largest absolute Gasteiger partial charge is 0.391 e. The second kappa shape index (κ2) is 1.66. The van der Waals surface area contributed by atoms with Crippen LogP contribution in [0.5, 0.6) is 0 Å². The summed E-state index contributed by atoms with van der Waals surface area (Å²) in [6, 6.07) is 0. The highest BCUT2D eigenvalue weighted by atomic mass is 16.3. The summed E-state index contributed by atoms with van der Waals surface area (Å²) >= 11 is 0. The third kappa shape index (κ3) is 0.516. The van der Waals surface area contributed by atoms with Gasteiger partial charge in [-0.1, -0.05) is 30.7 Å². The summed E-state index contributed by atoms with van der Waals surface area (Å²) in [5.74, 6) is 1.16. The maximum absolute atomic E-state index is 10.2. The van der Waals surface area contributed by atoms with Crippen molar-refractivity contribution in [2.45, 2.75) is 26.9 Å². The molecule has 4 aliphatic carbocycles. The second-order valence-electron chi connectivity index (χ2n) is 5.42. The summed E-state index contributed by atoms with van der Waals surface area (Å²) in [4.78, 5) is 0. The summed E-state index contributed by atoms with van der Waals surface area (Å²) < 4.78 is 0. The van der Waals surface area contributed by atoms with E-state index < -0.39 is 0 Å². The first-order chi connectivity index (χ1) is 5.94. The van der Waals surface area contributed by atoms with Crippen molar-refractivity contribution in [2.75, 3.05) is 0 Å². The molecule has 0 aromatic heterocycles. The Hall–Kier alpha value is -0.560. The third-order valence-electron chi connectivity index (χ3n) is 4.81. The van der Waals surface area contributed by atoms with E-state index in [1.54, 1.807) is 0 Å². The fourth-order valence-electron chi connectivity index (χ4n) is 4.09. The van der Waals surface area contributed by atoms with Gasteiger partial charge in [0.05, 0.1) is 6.10 Å². The minimum Gasteiger partial charge on any atom is -0.391 e. The predicted molar refractivity (Wildman–Crippen MR) is 52.1 cm³/mol. The zero-order chi connectivity index (χ0) is 9.59. The van der Waals surface area contributed by atoms with E-state index in [0.717, 1.165) is 0 Å². The molecule has 1 heteroatoms. The van der Waals surface area contributed by atoms with Gasteiger partial charge in [0.1, 0.15) is 0 Å². The molecule has 4 rings (SSSR count). The van der Waals surface area contributed by atoms with Crippen LogP contribution >= 0.6 is 0 Å². The monoisotopic (exact) mass is 176 g/mol. The molecule has 0 spiro atoms. The van der Waals surface area contributed by atoms with Gasteiger partial charge in [-0.2, -0.15) is 0 Å². The van der Waals surface area contributed by atoms with E-state index in [0.29, 0.717) is 11.8 Å². The van der Waals surface area contributed by atoms with Crippen molar-refractivity contribution in [1.29, 1.82) is 0 Å². The van der Waals surface area contributed by atoms with Crippen LogP contribution in [-0.2, 0) is 0 Å². The van der Waals surface area contributed by atoms with Crippen molar-refractivity contribution in [1.82, 2.24) is 0 Å². The van der Waals surface area contributed by atoms with Crippen LogP contribution in [0.3, 0.4) is 0 Å². The highest BCUT2D eigenvalue weighted by Crippen LogP contribution is 2.80. The molecule has 0 aromatic carbocycles. The van der Waals surface area contributed by atoms with Crippen molar-refractivity contribution in [3.05, 3.63) is 23.8 Å². The van der Waals surface area contributed by atoms with Gasteiger partial charge in [-0.25, -0.2) is 0 Å². The lowest BCUT2D eigenvalue weighted by molar-refractivity contribution is 0.0368. The van der Waals surface area contributed by atoms with Crippen LogP contribution in [0.4, 0.5) is 0 Å². The molecule has 1 nitrogen and oxygen atoms in total. The van der Waals surface area contributed by atoms with Crippen LogP contribution in [0.2, 0.25) is 0 Å². The zero-order valence-electron chi connectivity index (χ0n) is 8.46. The number of hydrogen-bond acceptors (Lipinski definition) is 1. The van der Waals surface area contributed by atoms with Crippen LogP contribution in [0.25, 0.3) is 0 Å². The molecule has 0 heterocycles. The molecule has 0 radical (unpaired) electrons. The molecule has 0 aromatic rings. The Balaban J connectivity index is 2.27. The average Bonchev–Trinajstić information content (AvgIpc) is 2.65. The molecule has 4 aliphatic rings. The highest BCUT2D eigenvalue weighted by Gasteiger charge is 2.78. The van der Waals surface area contributed by atoms with Crippen molar-refractivity contribution >= 4 is 0 Å². The summed E-state index contributed by atoms with van der Waals surface area (Å²) in [6.07, 6.45) is 2.03. The Morgan fingerprint density at radius 2 is 2.00 bits per heavy atom. The lowest BCUT2D eigenvalue weighted by Crippen LogP contribution is -2.38. The van der Waals surface area contributed by atoms with E-state index in [2.05, 4.69) is 33.4 Å². The summed E-state index contributed by atoms with van der Waals surface area (Å²) in [7, 11) is 0. The number of aliphatic hydroxyl groups is 1. The van der Waals surface area contributed by atoms with Crippen LogP contribution in [0.1, 0.15) is 20.8 Å².